The zero-order valence-electron chi connectivity index (χ0n) is 20.3. The molecule has 0 atom stereocenters. The molecule has 1 amide bonds. The monoisotopic (exact) mass is 500 g/mol. The van der Waals surface area contributed by atoms with Gasteiger partial charge in [0.2, 0.25) is 5.91 Å². The van der Waals surface area contributed by atoms with Crippen molar-refractivity contribution in [1.29, 1.82) is 0 Å². The Labute approximate surface area is 213 Å². The van der Waals surface area contributed by atoms with Crippen molar-refractivity contribution in [2.45, 2.75) is 38.4 Å². The predicted octanol–water partition coefficient (Wildman–Crippen LogP) is 5.44. The molecule has 2 aromatic heterocycles. The van der Waals surface area contributed by atoms with Gasteiger partial charge in [0.15, 0.2) is 17.5 Å². The zero-order valence-corrected chi connectivity index (χ0v) is 20.3. The van der Waals surface area contributed by atoms with Gasteiger partial charge in [-0.2, -0.15) is 5.10 Å². The molecule has 1 fully saturated rings. The van der Waals surface area contributed by atoms with Crippen LogP contribution in [0.25, 0.3) is 22.5 Å². The molecule has 1 saturated carbocycles. The van der Waals surface area contributed by atoms with Crippen LogP contribution in [-0.2, 0) is 17.8 Å². The second-order valence-electron chi connectivity index (χ2n) is 10.1. The number of H-pyrrole nitrogens is 1. The second-order valence-corrected chi connectivity index (χ2v) is 10.1. The Morgan fingerprint density at radius 2 is 1.86 bits per heavy atom. The summed E-state index contributed by atoms with van der Waals surface area (Å²) < 4.78 is 28.4. The first-order chi connectivity index (χ1) is 17.8. The first-order valence-electron chi connectivity index (χ1n) is 12.3. The Bertz CT molecular complexity index is 1440. The number of alkyl halides is 1. The van der Waals surface area contributed by atoms with Crippen LogP contribution in [-0.4, -0.2) is 43.2 Å². The molecule has 37 heavy (non-hydrogen) atoms. The Morgan fingerprint density at radius 3 is 2.59 bits per heavy atom. The van der Waals surface area contributed by atoms with Crippen molar-refractivity contribution in [2.24, 2.45) is 5.92 Å². The SMILES string of the molecule is CC1(F)CC(C(=O)N2CCc3cc(-c4ncc(F)c(Nc5ccc(-c6cn[nH]c6)cc5)n4)ccc3C2)C1. The van der Waals surface area contributed by atoms with Crippen molar-refractivity contribution < 1.29 is 13.6 Å². The number of nitrogens with one attached hydrogen (secondary N) is 2. The number of hydrogen-bond acceptors (Lipinski definition) is 5. The van der Waals surface area contributed by atoms with Crippen LogP contribution in [0.3, 0.4) is 0 Å². The normalized spacial score (nSPS) is 20.7. The Morgan fingerprint density at radius 1 is 1.08 bits per heavy atom. The molecule has 1 aliphatic carbocycles. The number of hydrogen-bond donors (Lipinski definition) is 2. The molecule has 0 radical (unpaired) electrons. The number of rotatable bonds is 5. The van der Waals surface area contributed by atoms with Crippen LogP contribution in [0.2, 0.25) is 0 Å². The lowest BCUT2D eigenvalue weighted by molar-refractivity contribution is -0.145. The highest BCUT2D eigenvalue weighted by atomic mass is 19.1. The van der Waals surface area contributed by atoms with Gasteiger partial charge in [-0.05, 0) is 61.1 Å². The van der Waals surface area contributed by atoms with Gasteiger partial charge in [0.25, 0.3) is 0 Å². The topological polar surface area (TPSA) is 86.8 Å². The third-order valence-electron chi connectivity index (χ3n) is 7.20. The lowest BCUT2D eigenvalue weighted by atomic mass is 9.72. The molecule has 7 nitrogen and oxygen atoms in total. The Balaban J connectivity index is 1.17. The molecule has 9 heteroatoms. The Hall–Kier alpha value is -4.14. The van der Waals surface area contributed by atoms with E-state index in [0.717, 1.165) is 27.8 Å². The maximum atomic E-state index is 14.6. The first kappa shape index (κ1) is 23.3. The number of aromatic nitrogens is 4. The fraction of sp³-hybridized carbons (Fsp3) is 0.286. The van der Waals surface area contributed by atoms with Crippen LogP contribution < -0.4 is 5.32 Å². The molecule has 2 aliphatic rings. The van der Waals surface area contributed by atoms with Gasteiger partial charge in [-0.15, -0.1) is 0 Å². The van der Waals surface area contributed by atoms with Crippen LogP contribution in [0.4, 0.5) is 20.3 Å². The molecule has 1 aliphatic heterocycles. The quantitative estimate of drug-likeness (QED) is 0.381. The van der Waals surface area contributed by atoms with Crippen LogP contribution in [0.15, 0.2) is 61.1 Å². The van der Waals surface area contributed by atoms with Crippen molar-refractivity contribution >= 4 is 17.4 Å². The summed E-state index contributed by atoms with van der Waals surface area (Å²) in [6.07, 6.45) is 6.03. The number of anilines is 2. The summed E-state index contributed by atoms with van der Waals surface area (Å²) in [7, 11) is 0. The fourth-order valence-electron chi connectivity index (χ4n) is 5.17. The molecular formula is C28H26F2N6O. The van der Waals surface area contributed by atoms with E-state index in [4.69, 9.17) is 0 Å². The second kappa shape index (κ2) is 9.06. The third kappa shape index (κ3) is 4.69. The summed E-state index contributed by atoms with van der Waals surface area (Å²) in [5, 5.41) is 9.79. The van der Waals surface area contributed by atoms with Crippen LogP contribution in [0.1, 0.15) is 30.9 Å². The fourth-order valence-corrected chi connectivity index (χ4v) is 5.17. The molecule has 4 aromatic rings. The molecule has 3 heterocycles. The van der Waals surface area contributed by atoms with Crippen molar-refractivity contribution in [3.05, 3.63) is 78.0 Å². The molecule has 2 N–H and O–H groups in total. The summed E-state index contributed by atoms with van der Waals surface area (Å²) in [5.74, 6) is -0.209. The summed E-state index contributed by atoms with van der Waals surface area (Å²) in [5.41, 5.74) is 4.40. The van der Waals surface area contributed by atoms with Gasteiger partial charge in [-0.1, -0.05) is 24.3 Å². The number of amides is 1. The van der Waals surface area contributed by atoms with Crippen LogP contribution >= 0.6 is 0 Å². The minimum absolute atomic E-state index is 0.0419. The molecule has 0 bridgehead atoms. The van der Waals surface area contributed by atoms with E-state index in [-0.39, 0.29) is 17.6 Å². The largest absolute Gasteiger partial charge is 0.338 e. The van der Waals surface area contributed by atoms with Crippen molar-refractivity contribution in [3.8, 4) is 22.5 Å². The molecule has 0 spiro atoms. The minimum Gasteiger partial charge on any atom is -0.338 e. The summed E-state index contributed by atoms with van der Waals surface area (Å²) in [4.78, 5) is 23.2. The van der Waals surface area contributed by atoms with E-state index < -0.39 is 11.5 Å². The van der Waals surface area contributed by atoms with Crippen LogP contribution in [0.5, 0.6) is 0 Å². The summed E-state index contributed by atoms with van der Waals surface area (Å²) >= 11 is 0. The molecule has 188 valence electrons. The van der Waals surface area contributed by atoms with E-state index in [1.165, 1.54) is 6.20 Å². The number of fused-ring (bicyclic) bond motifs is 1. The standard InChI is InChI=1S/C28H26F2N6O/c1-28(30)11-21(12-28)27(37)36-9-8-18-10-19(2-3-20(18)16-36)25-31-15-24(29)26(35-25)34-23-6-4-17(5-7-23)22-13-32-33-14-22/h2-7,10,13-15,21H,8-9,11-12,16H2,1H3,(H,32,33)(H,31,34,35). The summed E-state index contributed by atoms with van der Waals surface area (Å²) in [6, 6.07) is 13.4. The van der Waals surface area contributed by atoms with Gasteiger partial charge in [-0.3, -0.25) is 9.89 Å². The predicted molar refractivity (Wildman–Crippen MR) is 136 cm³/mol. The van der Waals surface area contributed by atoms with E-state index in [9.17, 15) is 13.6 Å². The van der Waals surface area contributed by atoms with Crippen LogP contribution in [0, 0.1) is 11.7 Å². The molecule has 0 unspecified atom stereocenters. The number of halogens is 2. The highest BCUT2D eigenvalue weighted by Gasteiger charge is 2.45. The molecule has 2 aromatic carbocycles. The van der Waals surface area contributed by atoms with Crippen molar-refractivity contribution in [1.82, 2.24) is 25.1 Å². The highest BCUT2D eigenvalue weighted by molar-refractivity contribution is 5.80. The van der Waals surface area contributed by atoms with Gasteiger partial charge in [0.05, 0.1) is 12.4 Å². The van der Waals surface area contributed by atoms with E-state index in [1.807, 2.05) is 53.6 Å². The first-order valence-corrected chi connectivity index (χ1v) is 12.3. The third-order valence-corrected chi connectivity index (χ3v) is 7.20. The van der Waals surface area contributed by atoms with E-state index in [0.29, 0.717) is 43.9 Å². The average molecular weight is 501 g/mol. The van der Waals surface area contributed by atoms with E-state index in [2.05, 4.69) is 25.5 Å². The number of nitrogens with zero attached hydrogens (tertiary/aromatic N) is 4. The highest BCUT2D eigenvalue weighted by Crippen LogP contribution is 2.42. The van der Waals surface area contributed by atoms with Gasteiger partial charge in [0.1, 0.15) is 5.67 Å². The molecular weight excluding hydrogens is 474 g/mol. The van der Waals surface area contributed by atoms with Gasteiger partial charge < -0.3 is 10.2 Å². The zero-order chi connectivity index (χ0) is 25.6. The maximum absolute atomic E-state index is 14.6. The van der Waals surface area contributed by atoms with Gasteiger partial charge in [0, 0.05) is 42.0 Å². The van der Waals surface area contributed by atoms with Crippen molar-refractivity contribution in [3.63, 3.8) is 0 Å². The summed E-state index contributed by atoms with van der Waals surface area (Å²) in [6.45, 7) is 2.67. The Kier molecular flexibility index (Phi) is 5.70. The number of carbonyl (C=O) groups excluding carboxylic acids is 1. The average Bonchev–Trinajstić information content (AvgIpc) is 3.43. The van der Waals surface area contributed by atoms with E-state index >= 15 is 0 Å². The maximum Gasteiger partial charge on any atom is 0.226 e. The molecule has 0 saturated heterocycles. The smallest absolute Gasteiger partial charge is 0.226 e. The lowest BCUT2D eigenvalue weighted by Gasteiger charge is -2.41. The number of aromatic amines is 1. The van der Waals surface area contributed by atoms with Crippen molar-refractivity contribution in [2.75, 3.05) is 11.9 Å². The van der Waals surface area contributed by atoms with E-state index in [1.54, 1.807) is 13.1 Å². The molecule has 6 rings (SSSR count). The lowest BCUT2D eigenvalue weighted by Crippen LogP contribution is -2.48. The van der Waals surface area contributed by atoms with Gasteiger partial charge >= 0.3 is 0 Å². The number of benzene rings is 2. The number of carbonyl (C=O) groups is 1. The van der Waals surface area contributed by atoms with Gasteiger partial charge in [-0.25, -0.2) is 18.7 Å². The minimum atomic E-state index is -1.21.